The first-order chi connectivity index (χ1) is 5.77. The van der Waals surface area contributed by atoms with Crippen LogP contribution in [0.15, 0.2) is 36.9 Å². The smallest absolute Gasteiger partial charge is 0.329 e. The Labute approximate surface area is 71.5 Å². The average Bonchev–Trinajstić information content (AvgIpc) is 2.74. The molecule has 0 N–H and O–H groups in total. The largest absolute Gasteiger partial charge is 0.466 e. The van der Waals surface area contributed by atoms with E-state index in [0.717, 1.165) is 6.08 Å². The number of carbonyl (C=O) groups is 1. The van der Waals surface area contributed by atoms with E-state index in [9.17, 15) is 4.79 Å². The van der Waals surface area contributed by atoms with E-state index in [1.165, 1.54) is 18.2 Å². The van der Waals surface area contributed by atoms with E-state index in [-0.39, 0.29) is 0 Å². The van der Waals surface area contributed by atoms with Gasteiger partial charge in [-0.1, -0.05) is 24.8 Å². The maximum absolute atomic E-state index is 9.84. The molecule has 2 rings (SSSR count). The molecule has 2 heteroatoms. The summed E-state index contributed by atoms with van der Waals surface area (Å²) in [7, 11) is 1.31. The van der Waals surface area contributed by atoms with Crippen LogP contribution < -0.4 is 0 Å². The minimum atomic E-state index is -0.394. The zero-order valence-electron chi connectivity index (χ0n) is 6.91. The van der Waals surface area contributed by atoms with Crippen LogP contribution in [0.5, 0.6) is 0 Å². The molecule has 0 saturated carbocycles. The Kier molecular flexibility index (Phi) is 2.64. The lowest BCUT2D eigenvalue weighted by Gasteiger charge is -1.83. The lowest BCUT2D eigenvalue weighted by molar-refractivity contribution is -0.134. The third kappa shape index (κ3) is 2.23. The third-order valence-corrected chi connectivity index (χ3v) is 1.48. The lowest BCUT2D eigenvalue weighted by Crippen LogP contribution is -1.91. The Morgan fingerprint density at radius 3 is 2.17 bits per heavy atom. The summed E-state index contributed by atoms with van der Waals surface area (Å²) >= 11 is 0. The number of methoxy groups -OCH3 is 1. The number of benzene rings is 1. The molecule has 0 aromatic carbocycles. The number of carbonyl (C=O) groups excluding carboxylic acids is 1. The standard InChI is InChI=1S/C6H4.C4H6O2/c1-2-5-4-6(5)3-1;1-3-4(5)6-2/h1-4H;3H,1H2,2H3. The fraction of sp³-hybridized carbons (Fsp3) is 0.100. The molecular formula is C10H10O2. The van der Waals surface area contributed by atoms with Gasteiger partial charge >= 0.3 is 5.97 Å². The molecule has 0 aliphatic heterocycles. The Balaban J connectivity index is 0.000000120. The molecule has 0 atom stereocenters. The van der Waals surface area contributed by atoms with E-state index < -0.39 is 5.97 Å². The van der Waals surface area contributed by atoms with Crippen molar-refractivity contribution in [1.82, 2.24) is 0 Å². The van der Waals surface area contributed by atoms with Gasteiger partial charge in [-0.15, -0.1) is 0 Å². The van der Waals surface area contributed by atoms with Gasteiger partial charge in [-0.25, -0.2) is 4.79 Å². The molecule has 0 bridgehead atoms. The number of hydrogen-bond acceptors (Lipinski definition) is 2. The van der Waals surface area contributed by atoms with Crippen molar-refractivity contribution in [3.8, 4) is 11.1 Å². The Bertz CT molecular complexity index is 285. The van der Waals surface area contributed by atoms with E-state index in [1.807, 2.05) is 0 Å². The first-order valence-corrected chi connectivity index (χ1v) is 3.58. The fourth-order valence-electron chi connectivity index (χ4n) is 0.759. The molecule has 62 valence electrons. The SMILES string of the molecule is C=CC(=O)OC.c1cc2cc-2c1. The highest BCUT2D eigenvalue weighted by atomic mass is 16.5. The van der Waals surface area contributed by atoms with Crippen LogP contribution in [0.2, 0.25) is 0 Å². The van der Waals surface area contributed by atoms with Crippen molar-refractivity contribution in [2.75, 3.05) is 7.11 Å². The second-order valence-electron chi connectivity index (χ2n) is 2.31. The maximum Gasteiger partial charge on any atom is 0.329 e. The van der Waals surface area contributed by atoms with Crippen LogP contribution in [0.25, 0.3) is 11.1 Å². The normalized spacial score (nSPS) is 9.08. The Morgan fingerprint density at radius 2 is 2.08 bits per heavy atom. The van der Waals surface area contributed by atoms with Crippen molar-refractivity contribution in [3.05, 3.63) is 36.9 Å². The van der Waals surface area contributed by atoms with Crippen LogP contribution in [0, 0.1) is 0 Å². The molecule has 2 aliphatic carbocycles. The summed E-state index contributed by atoms with van der Waals surface area (Å²) in [6.07, 6.45) is 1.11. The van der Waals surface area contributed by atoms with Gasteiger partial charge in [0.15, 0.2) is 0 Å². The number of hydrogen-bond donors (Lipinski definition) is 0. The van der Waals surface area contributed by atoms with Gasteiger partial charge < -0.3 is 4.74 Å². The molecule has 12 heavy (non-hydrogen) atoms. The Hall–Kier alpha value is -1.57. The predicted octanol–water partition coefficient (Wildman–Crippen LogP) is 2.01. The van der Waals surface area contributed by atoms with Gasteiger partial charge in [-0.2, -0.15) is 0 Å². The number of ether oxygens (including phenoxy) is 1. The van der Waals surface area contributed by atoms with Crippen LogP contribution >= 0.6 is 0 Å². The molecule has 0 aromatic heterocycles. The fourth-order valence-corrected chi connectivity index (χ4v) is 0.759. The van der Waals surface area contributed by atoms with Crippen LogP contribution in [0.1, 0.15) is 0 Å². The first kappa shape index (κ1) is 8.53. The molecule has 0 fully saturated rings. The predicted molar refractivity (Wildman–Crippen MR) is 47.6 cm³/mol. The van der Waals surface area contributed by atoms with Crippen LogP contribution in [-0.4, -0.2) is 13.1 Å². The van der Waals surface area contributed by atoms with Crippen molar-refractivity contribution in [2.45, 2.75) is 0 Å². The highest BCUT2D eigenvalue weighted by Crippen LogP contribution is 2.32. The minimum Gasteiger partial charge on any atom is -0.466 e. The summed E-state index contributed by atoms with van der Waals surface area (Å²) < 4.78 is 4.14. The van der Waals surface area contributed by atoms with Crippen molar-refractivity contribution < 1.29 is 9.53 Å². The van der Waals surface area contributed by atoms with Gasteiger partial charge in [0.1, 0.15) is 0 Å². The molecule has 0 spiro atoms. The summed E-state index contributed by atoms with van der Waals surface area (Å²) in [5.74, 6) is -0.394. The van der Waals surface area contributed by atoms with Gasteiger partial charge in [0.2, 0.25) is 0 Å². The van der Waals surface area contributed by atoms with Crippen molar-refractivity contribution in [2.24, 2.45) is 0 Å². The molecule has 0 unspecified atom stereocenters. The van der Waals surface area contributed by atoms with E-state index in [1.54, 1.807) is 0 Å². The van der Waals surface area contributed by atoms with E-state index in [2.05, 4.69) is 35.6 Å². The maximum atomic E-state index is 9.84. The van der Waals surface area contributed by atoms with Gasteiger partial charge in [0.05, 0.1) is 7.11 Å². The van der Waals surface area contributed by atoms with Crippen molar-refractivity contribution in [1.29, 1.82) is 0 Å². The molecule has 2 aliphatic rings. The highest BCUT2D eigenvalue weighted by Gasteiger charge is 2.06. The molecule has 0 saturated heterocycles. The van der Waals surface area contributed by atoms with E-state index >= 15 is 0 Å². The minimum absolute atomic E-state index is 0.394. The van der Waals surface area contributed by atoms with Crippen LogP contribution in [-0.2, 0) is 9.53 Å². The highest BCUT2D eigenvalue weighted by molar-refractivity contribution is 5.81. The second kappa shape index (κ2) is 3.72. The quantitative estimate of drug-likeness (QED) is 0.473. The number of rotatable bonds is 1. The van der Waals surface area contributed by atoms with E-state index in [4.69, 9.17) is 0 Å². The first-order valence-electron chi connectivity index (χ1n) is 3.58. The third-order valence-electron chi connectivity index (χ3n) is 1.48. The number of esters is 1. The summed E-state index contributed by atoms with van der Waals surface area (Å²) in [6.45, 7) is 3.16. The molecule has 2 nitrogen and oxygen atoms in total. The van der Waals surface area contributed by atoms with Crippen molar-refractivity contribution >= 4 is 5.97 Å². The van der Waals surface area contributed by atoms with E-state index in [0.29, 0.717) is 0 Å². The van der Waals surface area contributed by atoms with Crippen LogP contribution in [0.3, 0.4) is 0 Å². The second-order valence-corrected chi connectivity index (χ2v) is 2.31. The van der Waals surface area contributed by atoms with Crippen LogP contribution in [0.4, 0.5) is 0 Å². The Morgan fingerprint density at radius 1 is 1.50 bits per heavy atom. The topological polar surface area (TPSA) is 26.3 Å². The molecule has 0 radical (unpaired) electrons. The summed E-state index contributed by atoms with van der Waals surface area (Å²) in [6, 6.07) is 8.48. The van der Waals surface area contributed by atoms with Gasteiger partial charge in [0.25, 0.3) is 0 Å². The lowest BCUT2D eigenvalue weighted by atomic mass is 10.6. The zero-order valence-corrected chi connectivity index (χ0v) is 6.91. The summed E-state index contributed by atoms with van der Waals surface area (Å²) in [5.41, 5.74) is 2.85. The van der Waals surface area contributed by atoms with Gasteiger partial charge in [-0.05, 0) is 17.2 Å². The summed E-state index contributed by atoms with van der Waals surface area (Å²) in [4.78, 5) is 9.84. The van der Waals surface area contributed by atoms with Gasteiger partial charge in [-0.3, -0.25) is 0 Å². The molecule has 0 amide bonds. The zero-order chi connectivity index (χ0) is 8.97. The van der Waals surface area contributed by atoms with Crippen molar-refractivity contribution in [3.63, 3.8) is 0 Å². The van der Waals surface area contributed by atoms with Gasteiger partial charge in [0, 0.05) is 6.08 Å². The average molecular weight is 162 g/mol. The molecule has 0 heterocycles. The summed E-state index contributed by atoms with van der Waals surface area (Å²) in [5, 5.41) is 0. The molecular weight excluding hydrogens is 152 g/mol. The monoisotopic (exact) mass is 162 g/mol. The number of fused-ring (bicyclic) bond motifs is 1. The molecule has 0 aromatic rings.